The van der Waals surface area contributed by atoms with Crippen molar-refractivity contribution < 1.29 is 17.9 Å². The van der Waals surface area contributed by atoms with Gasteiger partial charge < -0.3 is 14.8 Å². The van der Waals surface area contributed by atoms with Gasteiger partial charge in [0.15, 0.2) is 9.84 Å². The summed E-state index contributed by atoms with van der Waals surface area (Å²) in [5, 5.41) is 3.06. The van der Waals surface area contributed by atoms with Crippen molar-refractivity contribution in [2.24, 2.45) is 0 Å². The van der Waals surface area contributed by atoms with E-state index in [0.717, 1.165) is 6.42 Å². The Hall–Kier alpha value is -1.18. The molecular formula is C12H18N2O4S. The Morgan fingerprint density at radius 2 is 2.37 bits per heavy atom. The minimum absolute atomic E-state index is 0.195. The third-order valence-corrected chi connectivity index (χ3v) is 4.38. The van der Waals surface area contributed by atoms with Crippen molar-refractivity contribution in [3.63, 3.8) is 0 Å². The maximum absolute atomic E-state index is 11.7. The Kier molecular flexibility index (Phi) is 4.07. The van der Waals surface area contributed by atoms with E-state index in [-0.39, 0.29) is 4.90 Å². The average Bonchev–Trinajstić information content (AvgIpc) is 2.85. The van der Waals surface area contributed by atoms with Crippen LogP contribution in [0.3, 0.4) is 0 Å². The number of nitrogens with zero attached hydrogens (tertiary/aromatic N) is 1. The number of pyridine rings is 1. The predicted octanol–water partition coefficient (Wildman–Crippen LogP) is 0.702. The molecule has 0 saturated carbocycles. The highest BCUT2D eigenvalue weighted by atomic mass is 32.2. The average molecular weight is 286 g/mol. The second kappa shape index (κ2) is 5.44. The lowest BCUT2D eigenvalue weighted by molar-refractivity contribution is -0.00629. The summed E-state index contributed by atoms with van der Waals surface area (Å²) >= 11 is 0. The molecule has 1 aliphatic heterocycles. The Bertz CT molecular complexity index is 538. The van der Waals surface area contributed by atoms with Crippen LogP contribution in [0.5, 0.6) is 0 Å². The summed E-state index contributed by atoms with van der Waals surface area (Å²) in [6.07, 6.45) is 3.50. The van der Waals surface area contributed by atoms with E-state index in [1.807, 2.05) is 0 Å². The van der Waals surface area contributed by atoms with Gasteiger partial charge in [0, 0.05) is 39.1 Å². The van der Waals surface area contributed by atoms with Gasteiger partial charge in [-0.25, -0.2) is 13.4 Å². The first kappa shape index (κ1) is 14.2. The van der Waals surface area contributed by atoms with Crippen molar-refractivity contribution in [1.29, 1.82) is 0 Å². The fourth-order valence-electron chi connectivity index (χ4n) is 2.03. The van der Waals surface area contributed by atoms with Crippen molar-refractivity contribution >= 4 is 15.7 Å². The molecule has 1 unspecified atom stereocenters. The first-order chi connectivity index (χ1) is 8.97. The molecule has 1 fully saturated rings. The summed E-state index contributed by atoms with van der Waals surface area (Å²) in [6, 6.07) is 3.14. The lowest BCUT2D eigenvalue weighted by Gasteiger charge is -2.26. The largest absolute Gasteiger partial charge is 0.378 e. The molecular weight excluding hydrogens is 268 g/mol. The second-order valence-corrected chi connectivity index (χ2v) is 6.65. The minimum atomic E-state index is -3.30. The number of anilines is 1. The molecule has 0 bridgehead atoms. The van der Waals surface area contributed by atoms with Crippen LogP contribution in [0.15, 0.2) is 23.2 Å². The third kappa shape index (κ3) is 3.23. The van der Waals surface area contributed by atoms with E-state index in [9.17, 15) is 8.42 Å². The maximum atomic E-state index is 11.7. The van der Waals surface area contributed by atoms with Crippen LogP contribution in [0.4, 0.5) is 5.82 Å². The van der Waals surface area contributed by atoms with E-state index < -0.39 is 15.4 Å². The molecule has 1 aromatic heterocycles. The van der Waals surface area contributed by atoms with Crippen LogP contribution >= 0.6 is 0 Å². The highest BCUT2D eigenvalue weighted by Crippen LogP contribution is 2.24. The molecule has 0 aliphatic carbocycles. The molecule has 0 radical (unpaired) electrons. The normalized spacial score (nSPS) is 23.5. The van der Waals surface area contributed by atoms with Crippen LogP contribution in [0.1, 0.15) is 6.42 Å². The van der Waals surface area contributed by atoms with E-state index in [4.69, 9.17) is 9.47 Å². The molecule has 7 heteroatoms. The molecule has 106 valence electrons. The van der Waals surface area contributed by atoms with E-state index in [1.54, 1.807) is 19.4 Å². The summed E-state index contributed by atoms with van der Waals surface area (Å²) in [7, 11) is -1.67. The van der Waals surface area contributed by atoms with Crippen molar-refractivity contribution in [2.45, 2.75) is 16.9 Å². The molecule has 1 aromatic rings. The number of hydrogen-bond donors (Lipinski definition) is 1. The Morgan fingerprint density at radius 1 is 1.58 bits per heavy atom. The predicted molar refractivity (Wildman–Crippen MR) is 71.0 cm³/mol. The highest BCUT2D eigenvalue weighted by molar-refractivity contribution is 7.90. The van der Waals surface area contributed by atoms with Crippen LogP contribution in [0.25, 0.3) is 0 Å². The van der Waals surface area contributed by atoms with E-state index in [2.05, 4.69) is 10.3 Å². The molecule has 0 aromatic carbocycles. The lowest BCUT2D eigenvalue weighted by Crippen LogP contribution is -2.40. The quantitative estimate of drug-likeness (QED) is 0.858. The molecule has 19 heavy (non-hydrogen) atoms. The van der Waals surface area contributed by atoms with Gasteiger partial charge in [-0.2, -0.15) is 0 Å². The number of sulfone groups is 1. The Balaban J connectivity index is 2.16. The summed E-state index contributed by atoms with van der Waals surface area (Å²) in [4.78, 5) is 4.28. The van der Waals surface area contributed by atoms with Crippen molar-refractivity contribution in [2.75, 3.05) is 38.4 Å². The zero-order valence-corrected chi connectivity index (χ0v) is 11.9. The number of aromatic nitrogens is 1. The maximum Gasteiger partial charge on any atom is 0.179 e. The van der Waals surface area contributed by atoms with Gasteiger partial charge in [-0.3, -0.25) is 0 Å². The summed E-state index contributed by atoms with van der Waals surface area (Å²) in [5.41, 5.74) is -0.410. The second-order valence-electron chi connectivity index (χ2n) is 4.67. The molecule has 1 N–H and O–H groups in total. The molecule has 2 rings (SSSR count). The van der Waals surface area contributed by atoms with E-state index >= 15 is 0 Å². The number of methoxy groups -OCH3 is 1. The van der Waals surface area contributed by atoms with Crippen molar-refractivity contribution in [3.05, 3.63) is 18.3 Å². The minimum Gasteiger partial charge on any atom is -0.378 e. The first-order valence-corrected chi connectivity index (χ1v) is 7.88. The molecule has 1 aliphatic rings. The zero-order chi connectivity index (χ0) is 13.9. The SMILES string of the molecule is COC1(CNc2ncccc2S(C)(=O)=O)CCOC1. The first-order valence-electron chi connectivity index (χ1n) is 5.99. The molecule has 1 saturated heterocycles. The van der Waals surface area contributed by atoms with Gasteiger partial charge in [0.05, 0.1) is 6.61 Å². The lowest BCUT2D eigenvalue weighted by atomic mass is 10.0. The number of nitrogens with one attached hydrogen (secondary N) is 1. The highest BCUT2D eigenvalue weighted by Gasteiger charge is 2.35. The summed E-state index contributed by atoms with van der Waals surface area (Å²) < 4.78 is 34.1. The van der Waals surface area contributed by atoms with Gasteiger partial charge in [-0.05, 0) is 12.1 Å². The van der Waals surface area contributed by atoms with Gasteiger partial charge in [0.25, 0.3) is 0 Å². The number of hydrogen-bond acceptors (Lipinski definition) is 6. The van der Waals surface area contributed by atoms with Gasteiger partial charge in [0.2, 0.25) is 0 Å². The van der Waals surface area contributed by atoms with Gasteiger partial charge >= 0.3 is 0 Å². The smallest absolute Gasteiger partial charge is 0.179 e. The van der Waals surface area contributed by atoms with Crippen molar-refractivity contribution in [3.8, 4) is 0 Å². The third-order valence-electron chi connectivity index (χ3n) is 3.25. The molecule has 2 heterocycles. The standard InChI is InChI=1S/C12H18N2O4S/c1-17-12(5-7-18-9-12)8-14-11-10(19(2,15)16)4-3-6-13-11/h3-4,6H,5,7-9H2,1-2H3,(H,13,14). The van der Waals surface area contributed by atoms with Crippen LogP contribution in [0, 0.1) is 0 Å². The van der Waals surface area contributed by atoms with Crippen LogP contribution in [-0.2, 0) is 19.3 Å². The molecule has 6 nitrogen and oxygen atoms in total. The van der Waals surface area contributed by atoms with E-state index in [1.165, 1.54) is 12.3 Å². The fourth-order valence-corrected chi connectivity index (χ4v) is 2.83. The Morgan fingerprint density at radius 3 is 2.95 bits per heavy atom. The van der Waals surface area contributed by atoms with Gasteiger partial charge in [-0.15, -0.1) is 0 Å². The monoisotopic (exact) mass is 286 g/mol. The Labute approximate surface area is 113 Å². The zero-order valence-electron chi connectivity index (χ0n) is 11.0. The molecule has 0 spiro atoms. The van der Waals surface area contributed by atoms with E-state index in [0.29, 0.717) is 25.6 Å². The number of rotatable bonds is 5. The molecule has 1 atom stereocenters. The van der Waals surface area contributed by atoms with Gasteiger partial charge in [0.1, 0.15) is 16.3 Å². The topological polar surface area (TPSA) is 77.5 Å². The van der Waals surface area contributed by atoms with Crippen molar-refractivity contribution in [1.82, 2.24) is 4.98 Å². The van der Waals surface area contributed by atoms with Gasteiger partial charge in [-0.1, -0.05) is 0 Å². The van der Waals surface area contributed by atoms with Crippen LogP contribution in [-0.4, -0.2) is 52.1 Å². The molecule has 0 amide bonds. The number of ether oxygens (including phenoxy) is 2. The van der Waals surface area contributed by atoms with Crippen LogP contribution in [0.2, 0.25) is 0 Å². The van der Waals surface area contributed by atoms with Crippen LogP contribution < -0.4 is 5.32 Å². The summed E-state index contributed by atoms with van der Waals surface area (Å²) in [5.74, 6) is 0.355. The fraction of sp³-hybridized carbons (Fsp3) is 0.583. The summed E-state index contributed by atoms with van der Waals surface area (Å²) in [6.45, 7) is 1.61.